The number of halogens is 2. The first-order valence-electron chi connectivity index (χ1n) is 6.15. The lowest BCUT2D eigenvalue weighted by atomic mass is 10.1. The van der Waals surface area contributed by atoms with Crippen LogP contribution in [0.3, 0.4) is 0 Å². The summed E-state index contributed by atoms with van der Waals surface area (Å²) in [6.07, 6.45) is 1.89. The lowest BCUT2D eigenvalue weighted by Gasteiger charge is -2.24. The molecular formula is C13H17F2N3O. The van der Waals surface area contributed by atoms with Crippen molar-refractivity contribution in [1.29, 1.82) is 5.41 Å². The Morgan fingerprint density at radius 3 is 2.58 bits per heavy atom. The van der Waals surface area contributed by atoms with Crippen LogP contribution in [0.4, 0.5) is 14.5 Å². The van der Waals surface area contributed by atoms with E-state index < -0.39 is 11.6 Å². The first-order chi connectivity index (χ1) is 8.99. The standard InChI is InChI=1S/C13H17F2N3O/c1-18(7-9-3-2-4-19-9)12-10(14)5-8(13(16)17)6-11(12)15/h5-6,9H,2-4,7H2,1H3,(H3,16,17). The molecule has 1 aromatic rings. The largest absolute Gasteiger partial charge is 0.384 e. The summed E-state index contributed by atoms with van der Waals surface area (Å²) in [7, 11) is 1.62. The number of anilines is 1. The zero-order valence-corrected chi connectivity index (χ0v) is 10.7. The highest BCUT2D eigenvalue weighted by Crippen LogP contribution is 2.25. The number of nitrogens with two attached hydrogens (primary N) is 1. The van der Waals surface area contributed by atoms with Gasteiger partial charge in [0.15, 0.2) is 0 Å². The number of nitrogens with zero attached hydrogens (tertiary/aromatic N) is 1. The summed E-state index contributed by atoms with van der Waals surface area (Å²) in [5.74, 6) is -1.79. The van der Waals surface area contributed by atoms with Crippen molar-refractivity contribution >= 4 is 11.5 Å². The van der Waals surface area contributed by atoms with Gasteiger partial charge in [-0.25, -0.2) is 8.78 Å². The molecule has 4 nitrogen and oxygen atoms in total. The van der Waals surface area contributed by atoms with Crippen LogP contribution >= 0.6 is 0 Å². The Hall–Kier alpha value is -1.69. The number of nitrogen functional groups attached to an aromatic ring is 1. The van der Waals surface area contributed by atoms with Crippen LogP contribution in [-0.4, -0.2) is 32.1 Å². The number of likely N-dealkylation sites (N-methyl/N-ethyl adjacent to an activating group) is 1. The Morgan fingerprint density at radius 1 is 1.47 bits per heavy atom. The Bertz CT molecular complexity index is 464. The second-order valence-corrected chi connectivity index (χ2v) is 4.72. The van der Waals surface area contributed by atoms with E-state index in [2.05, 4.69) is 0 Å². The zero-order chi connectivity index (χ0) is 14.0. The summed E-state index contributed by atoms with van der Waals surface area (Å²) in [4.78, 5) is 1.50. The van der Waals surface area contributed by atoms with E-state index in [-0.39, 0.29) is 23.2 Å². The van der Waals surface area contributed by atoms with Crippen molar-refractivity contribution in [2.45, 2.75) is 18.9 Å². The van der Waals surface area contributed by atoms with E-state index in [0.29, 0.717) is 13.2 Å². The molecule has 0 aliphatic carbocycles. The van der Waals surface area contributed by atoms with Gasteiger partial charge in [-0.05, 0) is 25.0 Å². The summed E-state index contributed by atoms with van der Waals surface area (Å²) in [5, 5.41) is 7.20. The van der Waals surface area contributed by atoms with Crippen molar-refractivity contribution in [3.05, 3.63) is 29.3 Å². The third-order valence-corrected chi connectivity index (χ3v) is 3.21. The summed E-state index contributed by atoms with van der Waals surface area (Å²) >= 11 is 0. The minimum absolute atomic E-state index is 0.0104. The lowest BCUT2D eigenvalue weighted by molar-refractivity contribution is 0.116. The summed E-state index contributed by atoms with van der Waals surface area (Å²) in [6.45, 7) is 1.14. The van der Waals surface area contributed by atoms with Crippen LogP contribution < -0.4 is 10.6 Å². The third kappa shape index (κ3) is 3.01. The van der Waals surface area contributed by atoms with Crippen LogP contribution in [-0.2, 0) is 4.74 Å². The number of hydrogen-bond donors (Lipinski definition) is 2. The Kier molecular flexibility index (Phi) is 3.99. The van der Waals surface area contributed by atoms with Crippen LogP contribution in [0.5, 0.6) is 0 Å². The SMILES string of the molecule is CN(CC1CCCO1)c1c(F)cc(C(=N)N)cc1F. The van der Waals surface area contributed by atoms with E-state index in [1.54, 1.807) is 7.05 Å². The molecule has 19 heavy (non-hydrogen) atoms. The number of amidine groups is 1. The van der Waals surface area contributed by atoms with Gasteiger partial charge in [0.2, 0.25) is 0 Å². The third-order valence-electron chi connectivity index (χ3n) is 3.21. The van der Waals surface area contributed by atoms with Crippen molar-refractivity contribution < 1.29 is 13.5 Å². The summed E-state index contributed by atoms with van der Waals surface area (Å²) in [5.41, 5.74) is 5.16. The second kappa shape index (κ2) is 5.52. The number of nitrogens with one attached hydrogen (secondary N) is 1. The number of rotatable bonds is 4. The molecule has 1 aromatic carbocycles. The quantitative estimate of drug-likeness (QED) is 0.648. The molecule has 0 amide bonds. The summed E-state index contributed by atoms with van der Waals surface area (Å²) < 4.78 is 33.3. The van der Waals surface area contributed by atoms with Crippen molar-refractivity contribution in [3.63, 3.8) is 0 Å². The molecule has 1 aliphatic heterocycles. The molecule has 104 valence electrons. The fourth-order valence-corrected chi connectivity index (χ4v) is 2.27. The van der Waals surface area contributed by atoms with Crippen molar-refractivity contribution in [3.8, 4) is 0 Å². The molecule has 0 bridgehead atoms. The van der Waals surface area contributed by atoms with E-state index >= 15 is 0 Å². The van der Waals surface area contributed by atoms with E-state index in [1.165, 1.54) is 4.90 Å². The molecule has 0 spiro atoms. The molecule has 2 rings (SSSR count). The number of benzene rings is 1. The first-order valence-corrected chi connectivity index (χ1v) is 6.15. The van der Waals surface area contributed by atoms with Crippen molar-refractivity contribution in [1.82, 2.24) is 0 Å². The van der Waals surface area contributed by atoms with Crippen LogP contribution in [0.15, 0.2) is 12.1 Å². The van der Waals surface area contributed by atoms with Crippen molar-refractivity contribution in [2.24, 2.45) is 5.73 Å². The average Bonchev–Trinajstić information content (AvgIpc) is 2.80. The van der Waals surface area contributed by atoms with Gasteiger partial charge in [0.1, 0.15) is 23.2 Å². The number of hydrogen-bond acceptors (Lipinski definition) is 3. The molecule has 1 aliphatic rings. The van der Waals surface area contributed by atoms with E-state index in [1.807, 2.05) is 0 Å². The highest BCUT2D eigenvalue weighted by atomic mass is 19.1. The molecule has 1 atom stereocenters. The van der Waals surface area contributed by atoms with Gasteiger partial charge in [-0.3, -0.25) is 5.41 Å². The summed E-state index contributed by atoms with van der Waals surface area (Å²) in [6, 6.07) is 2.15. The molecule has 0 saturated carbocycles. The van der Waals surface area contributed by atoms with Gasteiger partial charge >= 0.3 is 0 Å². The van der Waals surface area contributed by atoms with Gasteiger partial charge in [0, 0.05) is 25.8 Å². The molecule has 6 heteroatoms. The van der Waals surface area contributed by atoms with Crippen LogP contribution in [0.25, 0.3) is 0 Å². The highest BCUT2D eigenvalue weighted by molar-refractivity contribution is 5.95. The van der Waals surface area contributed by atoms with Gasteiger partial charge in [0.05, 0.1) is 6.10 Å². The molecule has 1 heterocycles. The normalized spacial score (nSPS) is 18.6. The number of ether oxygens (including phenoxy) is 1. The van der Waals surface area contributed by atoms with Gasteiger partial charge < -0.3 is 15.4 Å². The zero-order valence-electron chi connectivity index (χ0n) is 10.7. The molecule has 3 N–H and O–H groups in total. The molecule has 1 fully saturated rings. The first kappa shape index (κ1) is 13.7. The average molecular weight is 269 g/mol. The fourth-order valence-electron chi connectivity index (χ4n) is 2.27. The molecule has 0 aromatic heterocycles. The van der Waals surface area contributed by atoms with Crippen molar-refractivity contribution in [2.75, 3.05) is 25.1 Å². The van der Waals surface area contributed by atoms with Gasteiger partial charge in [-0.2, -0.15) is 0 Å². The maximum absolute atomic E-state index is 13.9. The lowest BCUT2D eigenvalue weighted by Crippen LogP contribution is -2.30. The van der Waals surface area contributed by atoms with Gasteiger partial charge in [-0.15, -0.1) is 0 Å². The van der Waals surface area contributed by atoms with Gasteiger partial charge in [0.25, 0.3) is 0 Å². The minimum atomic E-state index is -0.717. The van der Waals surface area contributed by atoms with E-state index in [9.17, 15) is 8.78 Å². The molecule has 1 unspecified atom stereocenters. The topological polar surface area (TPSA) is 62.3 Å². The van der Waals surface area contributed by atoms with Crippen LogP contribution in [0.1, 0.15) is 18.4 Å². The molecule has 0 radical (unpaired) electrons. The smallest absolute Gasteiger partial charge is 0.150 e. The highest BCUT2D eigenvalue weighted by Gasteiger charge is 2.22. The molecule has 1 saturated heterocycles. The Balaban J connectivity index is 2.21. The molecular weight excluding hydrogens is 252 g/mol. The predicted octanol–water partition coefficient (Wildman–Crippen LogP) is 1.86. The van der Waals surface area contributed by atoms with Crippen LogP contribution in [0.2, 0.25) is 0 Å². The monoisotopic (exact) mass is 269 g/mol. The minimum Gasteiger partial charge on any atom is -0.384 e. The maximum Gasteiger partial charge on any atom is 0.150 e. The predicted molar refractivity (Wildman–Crippen MR) is 69.6 cm³/mol. The fraction of sp³-hybridized carbons (Fsp3) is 0.462. The second-order valence-electron chi connectivity index (χ2n) is 4.72. The maximum atomic E-state index is 13.9. The Labute approximate surface area is 110 Å². The van der Waals surface area contributed by atoms with Gasteiger partial charge in [-0.1, -0.05) is 0 Å². The van der Waals surface area contributed by atoms with E-state index in [4.69, 9.17) is 15.9 Å². The Morgan fingerprint density at radius 2 is 2.11 bits per heavy atom. The van der Waals surface area contributed by atoms with E-state index in [0.717, 1.165) is 25.0 Å². The van der Waals surface area contributed by atoms with Crippen LogP contribution in [0, 0.1) is 17.0 Å².